The maximum atomic E-state index is 8.32. The zero-order valence-electron chi connectivity index (χ0n) is 8.38. The van der Waals surface area contributed by atoms with Gasteiger partial charge in [0.25, 0.3) is 0 Å². The minimum Gasteiger partial charge on any atom is -0.595 e. The summed E-state index contributed by atoms with van der Waals surface area (Å²) in [6, 6.07) is 0. The van der Waals surface area contributed by atoms with E-state index in [0.29, 0.717) is 11.6 Å². The van der Waals surface area contributed by atoms with Gasteiger partial charge >= 0.3 is 0 Å². The van der Waals surface area contributed by atoms with Crippen molar-refractivity contribution in [2.24, 2.45) is 0 Å². The highest BCUT2D eigenvalue weighted by atomic mass is 16.4. The van der Waals surface area contributed by atoms with E-state index in [1.807, 2.05) is 0 Å². The van der Waals surface area contributed by atoms with Crippen molar-refractivity contribution in [1.82, 2.24) is 0 Å². The van der Waals surface area contributed by atoms with Gasteiger partial charge in [0.1, 0.15) is 6.88 Å². The van der Waals surface area contributed by atoms with E-state index in [0.717, 1.165) is 0 Å². The molecule has 0 spiro atoms. The third-order valence-electron chi connectivity index (χ3n) is 3.50. The van der Waals surface area contributed by atoms with Crippen LogP contribution in [0.1, 0.15) is 38.5 Å². The van der Waals surface area contributed by atoms with E-state index < -0.39 is 6.88 Å². The first-order valence-electron chi connectivity index (χ1n) is 5.52. The highest BCUT2D eigenvalue weighted by Gasteiger charge is 2.30. The maximum Gasteiger partial charge on any atom is 0.104 e. The lowest BCUT2D eigenvalue weighted by molar-refractivity contribution is 0.326. The van der Waals surface area contributed by atoms with E-state index in [1.54, 1.807) is 7.11 Å². The molecule has 2 fully saturated rings. The molecule has 2 rings (SSSR count). The summed E-state index contributed by atoms with van der Waals surface area (Å²) in [5.74, 6) is 1.17. The highest BCUT2D eigenvalue weighted by molar-refractivity contribution is 6.55. The standard InChI is InChI=1S/C9H18BO/c1-11-10-8-4-2-5-9(10)7-3-6-8/h8-10H,2-7H2,1H3/q-1/i10T. The highest BCUT2D eigenvalue weighted by Crippen LogP contribution is 2.46. The molecule has 0 atom stereocenters. The van der Waals surface area contributed by atoms with Gasteiger partial charge in [-0.25, -0.2) is 0 Å². The van der Waals surface area contributed by atoms with Gasteiger partial charge in [-0.1, -0.05) is 38.5 Å². The Kier molecular flexibility index (Phi) is 1.89. The zero-order valence-corrected chi connectivity index (χ0v) is 7.38. The largest absolute Gasteiger partial charge is 0.595 e. The summed E-state index contributed by atoms with van der Waals surface area (Å²) in [6.07, 6.45) is 7.64. The predicted molar refractivity (Wildman–Crippen MR) is 49.4 cm³/mol. The van der Waals surface area contributed by atoms with E-state index >= 15 is 0 Å². The van der Waals surface area contributed by atoms with Gasteiger partial charge in [0.15, 0.2) is 0 Å². The first-order valence-corrected chi connectivity index (χ1v) is 4.94. The van der Waals surface area contributed by atoms with Gasteiger partial charge in [-0.3, -0.25) is 0 Å². The van der Waals surface area contributed by atoms with Crippen LogP contribution in [0.2, 0.25) is 11.6 Å². The topological polar surface area (TPSA) is 9.23 Å². The quantitative estimate of drug-likeness (QED) is 0.528. The van der Waals surface area contributed by atoms with E-state index in [-0.39, 0.29) is 0 Å². The van der Waals surface area contributed by atoms with Crippen LogP contribution >= 0.6 is 0 Å². The molecular formula is C9H18BO-. The first-order chi connectivity index (χ1) is 5.77. The predicted octanol–water partition coefficient (Wildman–Crippen LogP) is 2.46. The lowest BCUT2D eigenvalue weighted by Gasteiger charge is -2.47. The van der Waals surface area contributed by atoms with Crippen molar-refractivity contribution in [2.45, 2.75) is 50.2 Å². The number of fused-ring (bicyclic) bond motifs is 2. The van der Waals surface area contributed by atoms with Gasteiger partial charge in [-0.15, -0.1) is 11.6 Å². The summed E-state index contributed by atoms with van der Waals surface area (Å²) in [5, 5.41) is 0. The Morgan fingerprint density at radius 3 is 1.91 bits per heavy atom. The van der Waals surface area contributed by atoms with Crippen LogP contribution in [-0.2, 0) is 4.65 Å². The molecule has 0 unspecified atom stereocenters. The second-order valence-electron chi connectivity index (χ2n) is 4.08. The minimum atomic E-state index is -1.19. The molecule has 2 saturated heterocycles. The van der Waals surface area contributed by atoms with Crippen molar-refractivity contribution in [3.63, 3.8) is 0 Å². The zero-order chi connectivity index (χ0) is 8.60. The molecule has 0 radical (unpaired) electrons. The maximum absolute atomic E-state index is 8.32. The monoisotopic (exact) mass is 155 g/mol. The second-order valence-corrected chi connectivity index (χ2v) is 4.08. The van der Waals surface area contributed by atoms with Gasteiger partial charge in [-0.05, 0) is 7.11 Å². The molecule has 0 saturated carbocycles. The van der Waals surface area contributed by atoms with E-state index in [9.17, 15) is 0 Å². The van der Waals surface area contributed by atoms with E-state index in [1.165, 1.54) is 38.5 Å². The molecule has 0 aliphatic carbocycles. The summed E-state index contributed by atoms with van der Waals surface area (Å²) in [7, 11) is 1.74. The van der Waals surface area contributed by atoms with Crippen LogP contribution < -0.4 is 0 Å². The molecule has 2 heteroatoms. The molecule has 64 valence electrons. The van der Waals surface area contributed by atoms with E-state index in [2.05, 4.69) is 0 Å². The fraction of sp³-hybridized carbons (Fsp3) is 1.00. The average molecular weight is 155 g/mol. The van der Waals surface area contributed by atoms with Crippen molar-refractivity contribution in [3.05, 3.63) is 0 Å². The first kappa shape index (κ1) is 6.53. The summed E-state index contributed by atoms with van der Waals surface area (Å²) in [5.41, 5.74) is 0. The molecular weight excluding hydrogens is 135 g/mol. The van der Waals surface area contributed by atoms with Gasteiger partial charge in [0, 0.05) is 0 Å². The molecule has 0 N–H and O–H groups in total. The number of hydrogen-bond acceptors (Lipinski definition) is 1. The molecule has 0 amide bonds. The van der Waals surface area contributed by atoms with Crippen LogP contribution in [0.4, 0.5) is 0 Å². The normalized spacial score (nSPS) is 51.9. The third-order valence-corrected chi connectivity index (χ3v) is 3.50. The fourth-order valence-corrected chi connectivity index (χ4v) is 3.00. The molecule has 11 heavy (non-hydrogen) atoms. The van der Waals surface area contributed by atoms with Crippen LogP contribution in [0, 0.1) is 0 Å². The Labute approximate surface area is 71.0 Å². The van der Waals surface area contributed by atoms with Gasteiger partial charge in [-0.2, -0.15) is 1.34 Å². The summed E-state index contributed by atoms with van der Waals surface area (Å²) in [4.78, 5) is 0. The molecule has 0 aromatic rings. The lowest BCUT2D eigenvalue weighted by atomic mass is 9.38. The SMILES string of the molecule is [3H][B-]1(OC)C2CCCC1CCC2. The number of rotatable bonds is 1. The molecule has 2 aliphatic heterocycles. The van der Waals surface area contributed by atoms with Crippen LogP contribution in [-0.4, -0.2) is 15.3 Å². The van der Waals surface area contributed by atoms with E-state index in [4.69, 9.17) is 5.99 Å². The van der Waals surface area contributed by atoms with Crippen molar-refractivity contribution in [1.29, 1.82) is 1.34 Å². The Bertz CT molecular complexity index is 152. The van der Waals surface area contributed by atoms with Crippen molar-refractivity contribution in [2.75, 3.05) is 7.11 Å². The van der Waals surface area contributed by atoms with Crippen LogP contribution in [0.5, 0.6) is 0 Å². The smallest absolute Gasteiger partial charge is 0.104 e. The Morgan fingerprint density at radius 2 is 1.64 bits per heavy atom. The average Bonchev–Trinajstić information content (AvgIpc) is 2.03. The Balaban J connectivity index is 2.18. The summed E-state index contributed by atoms with van der Waals surface area (Å²) in [6.45, 7) is -1.19. The molecule has 2 heterocycles. The van der Waals surface area contributed by atoms with Crippen molar-refractivity contribution >= 4 is 6.88 Å². The molecule has 0 aromatic carbocycles. The van der Waals surface area contributed by atoms with Crippen molar-refractivity contribution in [3.8, 4) is 0 Å². The van der Waals surface area contributed by atoms with Gasteiger partial charge in [0.05, 0.1) is 0 Å². The number of hydrogen-bond donors (Lipinski definition) is 0. The third kappa shape index (κ3) is 1.33. The van der Waals surface area contributed by atoms with Gasteiger partial charge < -0.3 is 4.65 Å². The minimum absolute atomic E-state index is 0.586. The second kappa shape index (κ2) is 3.18. The molecule has 0 aromatic heterocycles. The van der Waals surface area contributed by atoms with Crippen LogP contribution in [0.25, 0.3) is 0 Å². The van der Waals surface area contributed by atoms with Crippen LogP contribution in [0.3, 0.4) is 0 Å². The summed E-state index contributed by atoms with van der Waals surface area (Å²) < 4.78 is 13.8. The van der Waals surface area contributed by atoms with Crippen molar-refractivity contribution < 1.29 is 4.65 Å². The molecule has 2 aliphatic rings. The van der Waals surface area contributed by atoms with Crippen LogP contribution in [0.15, 0.2) is 0 Å². The fourth-order valence-electron chi connectivity index (χ4n) is 3.00. The Hall–Kier alpha value is 0.0249. The Morgan fingerprint density at radius 1 is 1.18 bits per heavy atom. The van der Waals surface area contributed by atoms with Gasteiger partial charge in [0.2, 0.25) is 0 Å². The molecule has 1 nitrogen and oxygen atoms in total. The molecule has 2 bridgehead atoms. The lowest BCUT2D eigenvalue weighted by Crippen LogP contribution is -2.36. The summed E-state index contributed by atoms with van der Waals surface area (Å²) >= 11 is 0.